The van der Waals surface area contributed by atoms with E-state index in [4.69, 9.17) is 8.83 Å². The lowest BCUT2D eigenvalue weighted by atomic mass is 9.84. The summed E-state index contributed by atoms with van der Waals surface area (Å²) >= 11 is 0. The van der Waals surface area contributed by atoms with E-state index in [9.17, 15) is 0 Å². The van der Waals surface area contributed by atoms with Crippen LogP contribution in [0.25, 0.3) is 111 Å². The third kappa shape index (κ3) is 4.36. The summed E-state index contributed by atoms with van der Waals surface area (Å²) in [6.07, 6.45) is 5.90. The van der Waals surface area contributed by atoms with Crippen molar-refractivity contribution in [3.63, 3.8) is 0 Å². The minimum atomic E-state index is 0.790. The number of benzene rings is 8. The molecule has 2 heteroatoms. The minimum absolute atomic E-state index is 0.790. The molecule has 0 fully saturated rings. The highest BCUT2D eigenvalue weighted by molar-refractivity contribution is 6.24. The summed E-state index contributed by atoms with van der Waals surface area (Å²) in [5, 5.41) is 10.5. The fourth-order valence-electron chi connectivity index (χ4n) is 8.20. The van der Waals surface area contributed by atoms with E-state index in [-0.39, 0.29) is 0 Å². The topological polar surface area (TPSA) is 26.3 Å². The molecule has 0 bridgehead atoms. The van der Waals surface area contributed by atoms with Crippen molar-refractivity contribution in [1.29, 1.82) is 0 Å². The Morgan fingerprint density at radius 2 is 1.04 bits per heavy atom. The van der Waals surface area contributed by atoms with Crippen LogP contribution in [-0.2, 0) is 0 Å². The van der Waals surface area contributed by atoms with E-state index in [1.54, 1.807) is 0 Å². The van der Waals surface area contributed by atoms with Gasteiger partial charge >= 0.3 is 0 Å². The van der Waals surface area contributed by atoms with Crippen LogP contribution in [0.3, 0.4) is 0 Å². The molecular formula is C49H32O2. The first kappa shape index (κ1) is 29.3. The first-order valence-corrected chi connectivity index (χ1v) is 17.4. The molecule has 0 aliphatic rings. The number of hydrogen-bond acceptors (Lipinski definition) is 2. The van der Waals surface area contributed by atoms with Gasteiger partial charge in [0.05, 0.1) is 5.56 Å². The average molecular weight is 653 g/mol. The highest BCUT2D eigenvalue weighted by Gasteiger charge is 2.23. The van der Waals surface area contributed by atoms with Gasteiger partial charge in [-0.05, 0) is 91.3 Å². The molecule has 0 unspecified atom stereocenters. The molecule has 10 aromatic rings. The van der Waals surface area contributed by atoms with Crippen LogP contribution in [-0.4, -0.2) is 0 Å². The zero-order valence-electron chi connectivity index (χ0n) is 28.1. The lowest BCUT2D eigenvalue weighted by Gasteiger charge is -2.19. The maximum absolute atomic E-state index is 6.69. The van der Waals surface area contributed by atoms with Crippen molar-refractivity contribution >= 4 is 77.4 Å². The number of furan rings is 2. The Labute approximate surface area is 295 Å². The Bertz CT molecular complexity index is 2990. The lowest BCUT2D eigenvalue weighted by Crippen LogP contribution is -1.92. The Hall–Kier alpha value is -6.64. The van der Waals surface area contributed by atoms with E-state index in [1.807, 2.05) is 37.3 Å². The summed E-state index contributed by atoms with van der Waals surface area (Å²) in [6.45, 7) is 6.17. The maximum Gasteiger partial charge on any atom is 0.147 e. The summed E-state index contributed by atoms with van der Waals surface area (Å²) in [5.74, 6) is 0.790. The van der Waals surface area contributed by atoms with E-state index in [1.165, 1.54) is 49.0 Å². The van der Waals surface area contributed by atoms with Crippen LogP contribution in [0.1, 0.15) is 18.2 Å². The molecule has 51 heavy (non-hydrogen) atoms. The van der Waals surface area contributed by atoms with Gasteiger partial charge in [0.1, 0.15) is 22.5 Å². The molecule has 0 amide bonds. The van der Waals surface area contributed by atoms with E-state index < -0.39 is 0 Å². The quantitative estimate of drug-likeness (QED) is 0.173. The van der Waals surface area contributed by atoms with E-state index in [2.05, 4.69) is 140 Å². The molecule has 0 radical (unpaired) electrons. The fourth-order valence-corrected chi connectivity index (χ4v) is 8.20. The standard InChI is InChI=1S/C49H32O2/c1-3-15-43-33(4-2)41-29-42-35-21-11-12-27-44(35)51-49(42)46(48(41)50-43)32-19-13-18-31(28-32)45-37-22-7-9-24-39(37)47(40-25-10-8-23-38(40)45)36-26-14-17-30-16-5-6-20-34(30)36/h3-29H,2H2,1H3/b15-3-. The third-order valence-electron chi connectivity index (χ3n) is 10.3. The van der Waals surface area contributed by atoms with Crippen molar-refractivity contribution in [2.75, 3.05) is 0 Å². The highest BCUT2D eigenvalue weighted by atomic mass is 16.3. The van der Waals surface area contributed by atoms with Crippen LogP contribution in [0.15, 0.2) is 167 Å². The van der Waals surface area contributed by atoms with Crippen LogP contribution in [0.2, 0.25) is 0 Å². The molecule has 0 aliphatic carbocycles. The van der Waals surface area contributed by atoms with Crippen LogP contribution in [0, 0.1) is 0 Å². The van der Waals surface area contributed by atoms with Crippen LogP contribution >= 0.6 is 0 Å². The normalized spacial score (nSPS) is 12.0. The second-order valence-electron chi connectivity index (χ2n) is 13.1. The Morgan fingerprint density at radius 1 is 0.471 bits per heavy atom. The summed E-state index contributed by atoms with van der Waals surface area (Å²) in [7, 11) is 0. The molecule has 0 N–H and O–H groups in total. The molecule has 240 valence electrons. The molecule has 0 aliphatic heterocycles. The van der Waals surface area contributed by atoms with Gasteiger partial charge in [-0.2, -0.15) is 0 Å². The van der Waals surface area contributed by atoms with Gasteiger partial charge in [0.2, 0.25) is 0 Å². The average Bonchev–Trinajstić information content (AvgIpc) is 3.73. The van der Waals surface area contributed by atoms with Crippen molar-refractivity contribution in [3.8, 4) is 33.4 Å². The van der Waals surface area contributed by atoms with Crippen molar-refractivity contribution < 1.29 is 8.83 Å². The summed E-state index contributed by atoms with van der Waals surface area (Å²) in [5.41, 5.74) is 10.3. The Kier molecular flexibility index (Phi) is 6.59. The SMILES string of the molecule is C=Cc1c(/C=C\C)oc2c(-c3cccc(-c4c5ccccc5c(-c5cccc6ccccc56)c5ccccc45)c3)c3oc4ccccc4c3cc12. The van der Waals surface area contributed by atoms with Gasteiger partial charge in [-0.1, -0.05) is 146 Å². The predicted octanol–water partition coefficient (Wildman–Crippen LogP) is 14.5. The third-order valence-corrected chi connectivity index (χ3v) is 10.3. The van der Waals surface area contributed by atoms with Gasteiger partial charge in [-0.25, -0.2) is 0 Å². The first-order chi connectivity index (χ1) is 25.2. The number of para-hydroxylation sites is 1. The van der Waals surface area contributed by atoms with Crippen molar-refractivity contribution in [1.82, 2.24) is 0 Å². The molecule has 0 atom stereocenters. The molecule has 8 aromatic carbocycles. The Morgan fingerprint density at radius 3 is 1.75 bits per heavy atom. The number of allylic oxidation sites excluding steroid dienone is 1. The van der Waals surface area contributed by atoms with Crippen LogP contribution < -0.4 is 0 Å². The first-order valence-electron chi connectivity index (χ1n) is 17.4. The molecule has 0 saturated carbocycles. The van der Waals surface area contributed by atoms with E-state index >= 15 is 0 Å². The van der Waals surface area contributed by atoms with Gasteiger partial charge < -0.3 is 8.83 Å². The van der Waals surface area contributed by atoms with E-state index in [0.29, 0.717) is 0 Å². The summed E-state index contributed by atoms with van der Waals surface area (Å²) in [6, 6.07) is 52.3. The lowest BCUT2D eigenvalue weighted by molar-refractivity contribution is 0.603. The van der Waals surface area contributed by atoms with Crippen molar-refractivity contribution in [3.05, 3.63) is 170 Å². The van der Waals surface area contributed by atoms with Crippen LogP contribution in [0.5, 0.6) is 0 Å². The predicted molar refractivity (Wildman–Crippen MR) is 217 cm³/mol. The number of hydrogen-bond donors (Lipinski definition) is 0. The highest BCUT2D eigenvalue weighted by Crippen LogP contribution is 2.48. The second kappa shape index (κ2) is 11.5. The summed E-state index contributed by atoms with van der Waals surface area (Å²) in [4.78, 5) is 0. The molecule has 10 rings (SSSR count). The van der Waals surface area contributed by atoms with Crippen LogP contribution in [0.4, 0.5) is 0 Å². The molecule has 0 spiro atoms. The molecule has 2 nitrogen and oxygen atoms in total. The Balaban J connectivity index is 1.29. The molecule has 2 aromatic heterocycles. The monoisotopic (exact) mass is 652 g/mol. The number of fused-ring (bicyclic) bond motifs is 7. The van der Waals surface area contributed by atoms with Gasteiger partial charge in [0, 0.05) is 21.7 Å². The smallest absolute Gasteiger partial charge is 0.147 e. The van der Waals surface area contributed by atoms with Gasteiger partial charge in [-0.3, -0.25) is 0 Å². The fraction of sp³-hybridized carbons (Fsp3) is 0.0204. The van der Waals surface area contributed by atoms with Gasteiger partial charge in [-0.15, -0.1) is 0 Å². The van der Waals surface area contributed by atoms with Crippen molar-refractivity contribution in [2.24, 2.45) is 0 Å². The second-order valence-corrected chi connectivity index (χ2v) is 13.1. The number of rotatable bonds is 5. The zero-order chi connectivity index (χ0) is 34.1. The largest absolute Gasteiger partial charge is 0.455 e. The van der Waals surface area contributed by atoms with Crippen molar-refractivity contribution in [2.45, 2.75) is 6.92 Å². The van der Waals surface area contributed by atoms with Gasteiger partial charge in [0.25, 0.3) is 0 Å². The summed E-state index contributed by atoms with van der Waals surface area (Å²) < 4.78 is 13.4. The van der Waals surface area contributed by atoms with E-state index in [0.717, 1.165) is 60.9 Å². The zero-order valence-corrected chi connectivity index (χ0v) is 28.1. The molecule has 0 saturated heterocycles. The minimum Gasteiger partial charge on any atom is -0.455 e. The molecular weight excluding hydrogens is 621 g/mol. The van der Waals surface area contributed by atoms with Gasteiger partial charge in [0.15, 0.2) is 0 Å². The maximum atomic E-state index is 6.69. The molecule has 2 heterocycles.